The Morgan fingerprint density at radius 1 is 1.05 bits per heavy atom. The number of pyridine rings is 1. The highest BCUT2D eigenvalue weighted by Gasteiger charge is 2.30. The van der Waals surface area contributed by atoms with E-state index in [-0.39, 0.29) is 0 Å². The number of hydrogen-bond acceptors (Lipinski definition) is 3. The van der Waals surface area contributed by atoms with Crippen LogP contribution < -0.4 is 5.73 Å². The van der Waals surface area contributed by atoms with Gasteiger partial charge in [-0.2, -0.15) is 13.2 Å². The number of hydrogen-bond donors (Lipinski definition) is 1. The van der Waals surface area contributed by atoms with Crippen LogP contribution in [0, 0.1) is 0 Å². The van der Waals surface area contributed by atoms with E-state index in [0.29, 0.717) is 23.6 Å². The van der Waals surface area contributed by atoms with Crippen LogP contribution >= 0.6 is 0 Å². The normalized spacial score (nSPS) is 12.0. The van der Waals surface area contributed by atoms with Gasteiger partial charge in [-0.3, -0.25) is 0 Å². The standard InChI is InChI=1S/C14H11F3N4/c15-14(16,17)11-4-2-10(3-5-11)13-19-12-6-1-9(7-18)8-21(12)20-13/h1-6,8H,7,18H2. The van der Waals surface area contributed by atoms with Gasteiger partial charge in [0.25, 0.3) is 0 Å². The van der Waals surface area contributed by atoms with Crippen LogP contribution in [0.5, 0.6) is 0 Å². The van der Waals surface area contributed by atoms with Gasteiger partial charge in [0.2, 0.25) is 0 Å². The van der Waals surface area contributed by atoms with Gasteiger partial charge in [0, 0.05) is 18.3 Å². The molecule has 0 unspecified atom stereocenters. The fourth-order valence-electron chi connectivity index (χ4n) is 1.98. The lowest BCUT2D eigenvalue weighted by molar-refractivity contribution is -0.137. The average molecular weight is 292 g/mol. The molecule has 0 atom stereocenters. The summed E-state index contributed by atoms with van der Waals surface area (Å²) in [5.74, 6) is 0.373. The molecule has 0 bridgehead atoms. The van der Waals surface area contributed by atoms with Crippen LogP contribution in [0.25, 0.3) is 17.0 Å². The molecule has 0 fully saturated rings. The second-order valence-corrected chi connectivity index (χ2v) is 4.55. The Morgan fingerprint density at radius 3 is 2.38 bits per heavy atom. The summed E-state index contributed by atoms with van der Waals surface area (Å²) < 4.78 is 39.1. The molecular weight excluding hydrogens is 281 g/mol. The SMILES string of the molecule is NCc1ccc2nc(-c3ccc(C(F)(F)F)cc3)nn2c1. The van der Waals surface area contributed by atoms with Gasteiger partial charge >= 0.3 is 6.18 Å². The van der Waals surface area contributed by atoms with E-state index in [2.05, 4.69) is 10.1 Å². The number of rotatable bonds is 2. The van der Waals surface area contributed by atoms with Gasteiger partial charge in [-0.25, -0.2) is 9.50 Å². The molecule has 21 heavy (non-hydrogen) atoms. The Kier molecular flexibility index (Phi) is 3.13. The molecule has 0 aliphatic carbocycles. The highest BCUT2D eigenvalue weighted by Crippen LogP contribution is 2.30. The number of aromatic nitrogens is 3. The zero-order valence-corrected chi connectivity index (χ0v) is 10.8. The van der Waals surface area contributed by atoms with Crippen LogP contribution in [0.4, 0.5) is 13.2 Å². The van der Waals surface area contributed by atoms with Gasteiger partial charge in [0.05, 0.1) is 5.56 Å². The molecule has 0 radical (unpaired) electrons. The Hall–Kier alpha value is -2.41. The fourth-order valence-corrected chi connectivity index (χ4v) is 1.98. The summed E-state index contributed by atoms with van der Waals surface area (Å²) in [7, 11) is 0. The highest BCUT2D eigenvalue weighted by atomic mass is 19.4. The van der Waals surface area contributed by atoms with Crippen molar-refractivity contribution in [2.75, 3.05) is 0 Å². The molecule has 1 aromatic carbocycles. The summed E-state index contributed by atoms with van der Waals surface area (Å²) >= 11 is 0. The van der Waals surface area contributed by atoms with E-state index < -0.39 is 11.7 Å². The quantitative estimate of drug-likeness (QED) is 0.790. The molecule has 3 rings (SSSR count). The van der Waals surface area contributed by atoms with E-state index in [0.717, 1.165) is 17.7 Å². The maximum Gasteiger partial charge on any atom is 0.416 e. The lowest BCUT2D eigenvalue weighted by Gasteiger charge is -2.05. The minimum atomic E-state index is -4.35. The van der Waals surface area contributed by atoms with Crippen LogP contribution in [0.1, 0.15) is 11.1 Å². The molecule has 0 amide bonds. The number of nitrogens with two attached hydrogens (primary N) is 1. The molecule has 4 nitrogen and oxygen atoms in total. The van der Waals surface area contributed by atoms with E-state index in [1.807, 2.05) is 6.07 Å². The van der Waals surface area contributed by atoms with Gasteiger partial charge in [0.15, 0.2) is 11.5 Å². The number of nitrogens with zero attached hydrogens (tertiary/aromatic N) is 3. The zero-order valence-electron chi connectivity index (χ0n) is 10.8. The van der Waals surface area contributed by atoms with E-state index in [9.17, 15) is 13.2 Å². The van der Waals surface area contributed by atoms with Crippen molar-refractivity contribution in [1.82, 2.24) is 14.6 Å². The van der Waals surface area contributed by atoms with Gasteiger partial charge in [0.1, 0.15) is 0 Å². The predicted octanol–water partition coefficient (Wildman–Crippen LogP) is 2.87. The van der Waals surface area contributed by atoms with E-state index in [4.69, 9.17) is 5.73 Å². The van der Waals surface area contributed by atoms with Crippen molar-refractivity contribution in [2.24, 2.45) is 5.73 Å². The van der Waals surface area contributed by atoms with Crippen LogP contribution in [-0.4, -0.2) is 14.6 Å². The smallest absolute Gasteiger partial charge is 0.326 e. The highest BCUT2D eigenvalue weighted by molar-refractivity contribution is 5.58. The van der Waals surface area contributed by atoms with Gasteiger partial charge in [-0.05, 0) is 23.8 Å². The molecular formula is C14H11F3N4. The second-order valence-electron chi connectivity index (χ2n) is 4.55. The lowest BCUT2D eigenvalue weighted by atomic mass is 10.1. The molecule has 0 aliphatic heterocycles. The summed E-state index contributed by atoms with van der Waals surface area (Å²) in [6.45, 7) is 0.380. The first-order valence-corrected chi connectivity index (χ1v) is 6.20. The Labute approximate surface area is 118 Å². The largest absolute Gasteiger partial charge is 0.416 e. The first kappa shape index (κ1) is 13.6. The van der Waals surface area contributed by atoms with Crippen molar-refractivity contribution >= 4 is 5.65 Å². The van der Waals surface area contributed by atoms with Crippen molar-refractivity contribution in [1.29, 1.82) is 0 Å². The molecule has 108 valence electrons. The van der Waals surface area contributed by atoms with Crippen LogP contribution in [0.3, 0.4) is 0 Å². The van der Waals surface area contributed by atoms with Crippen LogP contribution in [-0.2, 0) is 12.7 Å². The average Bonchev–Trinajstić information content (AvgIpc) is 2.89. The summed E-state index contributed by atoms with van der Waals surface area (Å²) in [4.78, 5) is 4.28. The molecule has 2 heterocycles. The van der Waals surface area contributed by atoms with Gasteiger partial charge in [-0.1, -0.05) is 18.2 Å². The minimum Gasteiger partial charge on any atom is -0.326 e. The Morgan fingerprint density at radius 2 is 1.76 bits per heavy atom. The first-order valence-electron chi connectivity index (χ1n) is 6.20. The third-order valence-electron chi connectivity index (χ3n) is 3.10. The Balaban J connectivity index is 2.00. The molecule has 3 aromatic rings. The molecule has 7 heteroatoms. The maximum atomic E-state index is 12.5. The lowest BCUT2D eigenvalue weighted by Crippen LogP contribution is -2.04. The Bertz CT molecular complexity index is 775. The van der Waals surface area contributed by atoms with Crippen molar-refractivity contribution in [3.63, 3.8) is 0 Å². The zero-order chi connectivity index (χ0) is 15.0. The van der Waals surface area contributed by atoms with Crippen LogP contribution in [0.15, 0.2) is 42.6 Å². The fraction of sp³-hybridized carbons (Fsp3) is 0.143. The number of halogens is 3. The number of alkyl halides is 3. The van der Waals surface area contributed by atoms with Crippen molar-refractivity contribution in [3.8, 4) is 11.4 Å². The van der Waals surface area contributed by atoms with E-state index in [1.54, 1.807) is 16.8 Å². The number of benzene rings is 1. The molecule has 2 aromatic heterocycles. The number of fused-ring (bicyclic) bond motifs is 1. The summed E-state index contributed by atoms with van der Waals surface area (Å²) in [5, 5.41) is 4.25. The van der Waals surface area contributed by atoms with Crippen molar-refractivity contribution in [3.05, 3.63) is 53.7 Å². The molecule has 2 N–H and O–H groups in total. The third kappa shape index (κ3) is 2.59. The first-order chi connectivity index (χ1) is 9.97. The van der Waals surface area contributed by atoms with Gasteiger partial charge < -0.3 is 5.73 Å². The summed E-state index contributed by atoms with van der Waals surface area (Å²) in [6, 6.07) is 8.37. The summed E-state index contributed by atoms with van der Waals surface area (Å²) in [6.07, 6.45) is -2.60. The van der Waals surface area contributed by atoms with E-state index in [1.165, 1.54) is 12.1 Å². The maximum absolute atomic E-state index is 12.5. The monoisotopic (exact) mass is 292 g/mol. The van der Waals surface area contributed by atoms with E-state index >= 15 is 0 Å². The second kappa shape index (κ2) is 4.85. The minimum absolute atomic E-state index is 0.373. The molecule has 0 spiro atoms. The van der Waals surface area contributed by atoms with Crippen LogP contribution in [0.2, 0.25) is 0 Å². The van der Waals surface area contributed by atoms with Crippen molar-refractivity contribution < 1.29 is 13.2 Å². The van der Waals surface area contributed by atoms with Gasteiger partial charge in [-0.15, -0.1) is 5.10 Å². The molecule has 0 saturated heterocycles. The third-order valence-corrected chi connectivity index (χ3v) is 3.10. The molecule has 0 saturated carbocycles. The summed E-state index contributed by atoms with van der Waals surface area (Å²) in [5.41, 5.74) is 6.89. The predicted molar refractivity (Wildman–Crippen MR) is 71.3 cm³/mol. The molecule has 0 aliphatic rings. The topological polar surface area (TPSA) is 56.2 Å². The van der Waals surface area contributed by atoms with Crippen molar-refractivity contribution in [2.45, 2.75) is 12.7 Å².